The number of nitrogens with two attached hydrogens (primary N) is 1. The average Bonchev–Trinajstić information content (AvgIpc) is 2.20. The molecule has 1 rings (SSSR count). The summed E-state index contributed by atoms with van der Waals surface area (Å²) >= 11 is 1.74. The normalized spacial score (nSPS) is 10.5. The van der Waals surface area contributed by atoms with Gasteiger partial charge in [-0.3, -0.25) is 4.79 Å². The van der Waals surface area contributed by atoms with Crippen LogP contribution in [0.2, 0.25) is 0 Å². The van der Waals surface area contributed by atoms with Crippen LogP contribution in [-0.4, -0.2) is 17.7 Å². The van der Waals surface area contributed by atoms with E-state index in [1.165, 1.54) is 0 Å². The Bertz CT molecular complexity index is 353. The van der Waals surface area contributed by atoms with Crippen molar-refractivity contribution in [2.45, 2.75) is 30.4 Å². The number of carbonyl (C=O) groups excluding carboxylic acids is 1. The predicted octanol–water partition coefficient (Wildman–Crippen LogP) is 2.47. The number of amides is 1. The smallest absolute Gasteiger partial charge is 0.225 e. The van der Waals surface area contributed by atoms with E-state index in [2.05, 4.69) is 19.2 Å². The largest absolute Gasteiger partial charge is 0.330 e. The van der Waals surface area contributed by atoms with Gasteiger partial charge in [0.05, 0.1) is 5.69 Å². The highest BCUT2D eigenvalue weighted by Gasteiger charge is 2.07. The van der Waals surface area contributed by atoms with E-state index in [9.17, 15) is 4.79 Å². The van der Waals surface area contributed by atoms with Crippen molar-refractivity contribution in [2.24, 2.45) is 5.73 Å². The number of thioether (sulfide) groups is 1. The monoisotopic (exact) mass is 238 g/mol. The molecule has 0 spiro atoms. The van der Waals surface area contributed by atoms with Crippen LogP contribution >= 0.6 is 11.8 Å². The zero-order chi connectivity index (χ0) is 12.0. The molecule has 1 aromatic rings. The van der Waals surface area contributed by atoms with Crippen molar-refractivity contribution in [1.29, 1.82) is 0 Å². The lowest BCUT2D eigenvalue weighted by atomic mass is 10.3. The molecular weight excluding hydrogens is 220 g/mol. The third kappa shape index (κ3) is 4.24. The van der Waals surface area contributed by atoms with Crippen molar-refractivity contribution in [2.75, 3.05) is 11.9 Å². The quantitative estimate of drug-likeness (QED) is 0.775. The minimum Gasteiger partial charge on any atom is -0.330 e. The summed E-state index contributed by atoms with van der Waals surface area (Å²) in [6.07, 6.45) is 0.362. The van der Waals surface area contributed by atoms with Gasteiger partial charge in [-0.05, 0) is 12.1 Å². The van der Waals surface area contributed by atoms with Crippen LogP contribution in [0.5, 0.6) is 0 Å². The number of anilines is 1. The van der Waals surface area contributed by atoms with Gasteiger partial charge in [0.15, 0.2) is 0 Å². The van der Waals surface area contributed by atoms with Crippen molar-refractivity contribution in [3.05, 3.63) is 24.3 Å². The first-order valence-corrected chi connectivity index (χ1v) is 6.27. The maximum Gasteiger partial charge on any atom is 0.225 e. The molecule has 4 heteroatoms. The van der Waals surface area contributed by atoms with E-state index in [0.717, 1.165) is 10.6 Å². The second kappa shape index (κ2) is 6.55. The summed E-state index contributed by atoms with van der Waals surface area (Å²) in [5, 5.41) is 3.37. The number of carbonyl (C=O) groups is 1. The fourth-order valence-corrected chi connectivity index (χ4v) is 2.18. The van der Waals surface area contributed by atoms with Gasteiger partial charge < -0.3 is 11.1 Å². The van der Waals surface area contributed by atoms with Gasteiger partial charge in [-0.15, -0.1) is 11.8 Å². The van der Waals surface area contributed by atoms with Crippen LogP contribution in [-0.2, 0) is 4.79 Å². The molecule has 0 saturated carbocycles. The van der Waals surface area contributed by atoms with E-state index < -0.39 is 0 Å². The topological polar surface area (TPSA) is 55.1 Å². The SMILES string of the molecule is CC(C)Sc1ccccc1NC(=O)CCN. The van der Waals surface area contributed by atoms with Gasteiger partial charge in [0.2, 0.25) is 5.91 Å². The number of benzene rings is 1. The minimum absolute atomic E-state index is 0.0284. The summed E-state index contributed by atoms with van der Waals surface area (Å²) < 4.78 is 0. The molecule has 0 heterocycles. The molecule has 0 radical (unpaired) electrons. The molecule has 0 aliphatic rings. The van der Waals surface area contributed by atoms with E-state index in [1.54, 1.807) is 11.8 Å². The average molecular weight is 238 g/mol. The number of rotatable bonds is 5. The molecule has 0 aromatic heterocycles. The number of hydrogen-bond acceptors (Lipinski definition) is 3. The fourth-order valence-electron chi connectivity index (χ4n) is 1.27. The molecule has 0 bridgehead atoms. The molecule has 16 heavy (non-hydrogen) atoms. The van der Waals surface area contributed by atoms with Crippen LogP contribution in [0.4, 0.5) is 5.69 Å². The lowest BCUT2D eigenvalue weighted by Gasteiger charge is -2.11. The van der Waals surface area contributed by atoms with E-state index in [0.29, 0.717) is 18.2 Å². The molecule has 88 valence electrons. The molecule has 3 nitrogen and oxygen atoms in total. The molecule has 0 aliphatic heterocycles. The number of nitrogens with one attached hydrogen (secondary N) is 1. The Morgan fingerprint density at radius 2 is 2.12 bits per heavy atom. The predicted molar refractivity (Wildman–Crippen MR) is 69.7 cm³/mol. The summed E-state index contributed by atoms with van der Waals surface area (Å²) in [5.41, 5.74) is 6.21. The van der Waals surface area contributed by atoms with E-state index in [4.69, 9.17) is 5.73 Å². The number of para-hydroxylation sites is 1. The Morgan fingerprint density at radius 1 is 1.44 bits per heavy atom. The van der Waals surface area contributed by atoms with Crippen molar-refractivity contribution in [3.8, 4) is 0 Å². The van der Waals surface area contributed by atoms with Gasteiger partial charge in [0.25, 0.3) is 0 Å². The maximum atomic E-state index is 11.5. The van der Waals surface area contributed by atoms with Gasteiger partial charge >= 0.3 is 0 Å². The lowest BCUT2D eigenvalue weighted by molar-refractivity contribution is -0.116. The first-order valence-electron chi connectivity index (χ1n) is 5.39. The third-order valence-electron chi connectivity index (χ3n) is 1.90. The van der Waals surface area contributed by atoms with Gasteiger partial charge in [-0.2, -0.15) is 0 Å². The molecule has 1 amide bonds. The molecule has 0 atom stereocenters. The Morgan fingerprint density at radius 3 is 2.75 bits per heavy atom. The highest BCUT2D eigenvalue weighted by atomic mass is 32.2. The second-order valence-electron chi connectivity index (χ2n) is 3.75. The van der Waals surface area contributed by atoms with E-state index in [-0.39, 0.29) is 5.91 Å². The van der Waals surface area contributed by atoms with Crippen LogP contribution in [0.1, 0.15) is 20.3 Å². The van der Waals surface area contributed by atoms with Gasteiger partial charge in [-0.25, -0.2) is 0 Å². The van der Waals surface area contributed by atoms with Gasteiger partial charge in [0, 0.05) is 23.1 Å². The minimum atomic E-state index is -0.0284. The molecule has 1 aromatic carbocycles. The van der Waals surface area contributed by atoms with Crippen LogP contribution in [0.25, 0.3) is 0 Å². The van der Waals surface area contributed by atoms with E-state index >= 15 is 0 Å². The maximum absolute atomic E-state index is 11.5. The van der Waals surface area contributed by atoms with Crippen molar-refractivity contribution >= 4 is 23.4 Å². The molecule has 0 fully saturated rings. The Hall–Kier alpha value is -1.00. The first-order chi connectivity index (χ1) is 7.63. The highest BCUT2D eigenvalue weighted by Crippen LogP contribution is 2.30. The number of hydrogen-bond donors (Lipinski definition) is 2. The first kappa shape index (κ1) is 13.1. The zero-order valence-electron chi connectivity index (χ0n) is 9.69. The Kier molecular flexibility index (Phi) is 5.35. The van der Waals surface area contributed by atoms with Crippen LogP contribution in [0, 0.1) is 0 Å². The van der Waals surface area contributed by atoms with Crippen LogP contribution < -0.4 is 11.1 Å². The van der Waals surface area contributed by atoms with Crippen molar-refractivity contribution in [1.82, 2.24) is 0 Å². The highest BCUT2D eigenvalue weighted by molar-refractivity contribution is 8.00. The molecule has 0 saturated heterocycles. The fraction of sp³-hybridized carbons (Fsp3) is 0.417. The van der Waals surface area contributed by atoms with Crippen molar-refractivity contribution in [3.63, 3.8) is 0 Å². The second-order valence-corrected chi connectivity index (χ2v) is 5.37. The van der Waals surface area contributed by atoms with Crippen LogP contribution in [0.15, 0.2) is 29.2 Å². The summed E-state index contributed by atoms with van der Waals surface area (Å²) in [4.78, 5) is 12.5. The zero-order valence-corrected chi connectivity index (χ0v) is 10.5. The molecular formula is C12H18N2OS. The summed E-state index contributed by atoms with van der Waals surface area (Å²) in [6.45, 7) is 4.64. The molecule has 0 aliphatic carbocycles. The standard InChI is InChI=1S/C12H18N2OS/c1-9(2)16-11-6-4-3-5-10(11)14-12(15)7-8-13/h3-6,9H,7-8,13H2,1-2H3,(H,14,15). The Balaban J connectivity index is 2.74. The Labute approximate surface area is 101 Å². The van der Waals surface area contributed by atoms with Gasteiger partial charge in [0.1, 0.15) is 0 Å². The van der Waals surface area contributed by atoms with Crippen molar-refractivity contribution < 1.29 is 4.79 Å². The third-order valence-corrected chi connectivity index (χ3v) is 2.98. The van der Waals surface area contributed by atoms with Gasteiger partial charge in [-0.1, -0.05) is 26.0 Å². The summed E-state index contributed by atoms with van der Waals surface area (Å²) in [7, 11) is 0. The molecule has 3 N–H and O–H groups in total. The lowest BCUT2D eigenvalue weighted by Crippen LogP contribution is -2.16. The van der Waals surface area contributed by atoms with E-state index in [1.807, 2.05) is 24.3 Å². The molecule has 0 unspecified atom stereocenters. The summed E-state index contributed by atoms with van der Waals surface area (Å²) in [5.74, 6) is -0.0284. The van der Waals surface area contributed by atoms with Crippen LogP contribution in [0.3, 0.4) is 0 Å². The summed E-state index contributed by atoms with van der Waals surface area (Å²) in [6, 6.07) is 7.83.